The summed E-state index contributed by atoms with van der Waals surface area (Å²) in [6.07, 6.45) is 2.39. The number of nitrogens with zero attached hydrogens (tertiary/aromatic N) is 1. The van der Waals surface area contributed by atoms with Crippen LogP contribution in [-0.4, -0.2) is 31.6 Å². The van der Waals surface area contributed by atoms with Gasteiger partial charge in [-0.1, -0.05) is 12.1 Å². The first-order valence-corrected chi connectivity index (χ1v) is 9.77. The quantitative estimate of drug-likeness (QED) is 0.609. The van der Waals surface area contributed by atoms with Gasteiger partial charge in [0.2, 0.25) is 5.76 Å². The number of nitrogens with one attached hydrogen (secondary N) is 1. The van der Waals surface area contributed by atoms with Crippen LogP contribution in [-0.2, 0) is 9.53 Å². The smallest absolute Gasteiger partial charge is 0.374 e. The molecule has 1 amide bonds. The Morgan fingerprint density at radius 1 is 1.00 bits per heavy atom. The standard InChI is InChI=1S/C23H21FN2O4/c24-19-6-2-1-5-18(19)20-11-12-21(30-20)23(28)29-15-22(27)25-16-7-9-17(10-8-16)26-13-3-4-14-26/h1-2,5-12H,3-4,13-15H2,(H,25,27). The highest BCUT2D eigenvalue weighted by atomic mass is 19.1. The van der Waals surface area contributed by atoms with Crippen LogP contribution in [0.4, 0.5) is 15.8 Å². The van der Waals surface area contributed by atoms with E-state index in [1.54, 1.807) is 18.2 Å². The average molecular weight is 408 g/mol. The average Bonchev–Trinajstić information content (AvgIpc) is 3.45. The largest absolute Gasteiger partial charge is 0.450 e. The minimum Gasteiger partial charge on any atom is -0.450 e. The Hall–Kier alpha value is -3.61. The number of carbonyl (C=O) groups excluding carboxylic acids is 2. The zero-order valence-corrected chi connectivity index (χ0v) is 16.3. The van der Waals surface area contributed by atoms with Crippen LogP contribution in [0, 0.1) is 5.82 Å². The van der Waals surface area contributed by atoms with Crippen molar-refractivity contribution in [3.8, 4) is 11.3 Å². The van der Waals surface area contributed by atoms with Crippen LogP contribution >= 0.6 is 0 Å². The first-order valence-electron chi connectivity index (χ1n) is 9.77. The normalized spacial score (nSPS) is 13.3. The zero-order chi connectivity index (χ0) is 20.9. The van der Waals surface area contributed by atoms with Crippen molar-refractivity contribution in [3.05, 3.63) is 72.2 Å². The molecule has 1 N–H and O–H groups in total. The summed E-state index contributed by atoms with van der Waals surface area (Å²) in [5.74, 6) is -1.60. The van der Waals surface area contributed by atoms with E-state index in [1.165, 1.54) is 31.0 Å². The molecule has 0 radical (unpaired) electrons. The monoisotopic (exact) mass is 408 g/mol. The summed E-state index contributed by atoms with van der Waals surface area (Å²) in [6, 6.07) is 16.5. The summed E-state index contributed by atoms with van der Waals surface area (Å²) in [7, 11) is 0. The van der Waals surface area contributed by atoms with Crippen molar-refractivity contribution in [1.82, 2.24) is 0 Å². The third kappa shape index (κ3) is 4.51. The number of hydrogen-bond acceptors (Lipinski definition) is 5. The summed E-state index contributed by atoms with van der Waals surface area (Å²) < 4.78 is 24.2. The summed E-state index contributed by atoms with van der Waals surface area (Å²) in [5.41, 5.74) is 1.99. The molecule has 1 fully saturated rings. The highest BCUT2D eigenvalue weighted by Crippen LogP contribution is 2.25. The van der Waals surface area contributed by atoms with Crippen LogP contribution in [0.2, 0.25) is 0 Å². The van der Waals surface area contributed by atoms with Gasteiger partial charge >= 0.3 is 5.97 Å². The fourth-order valence-electron chi connectivity index (χ4n) is 3.38. The first kappa shape index (κ1) is 19.7. The molecule has 0 atom stereocenters. The number of esters is 1. The van der Waals surface area contributed by atoms with Crippen molar-refractivity contribution in [2.75, 3.05) is 29.9 Å². The number of furan rings is 1. The van der Waals surface area contributed by atoms with Crippen LogP contribution in [0.5, 0.6) is 0 Å². The van der Waals surface area contributed by atoms with Crippen LogP contribution in [0.1, 0.15) is 23.4 Å². The topological polar surface area (TPSA) is 71.8 Å². The lowest BCUT2D eigenvalue weighted by atomic mass is 10.1. The summed E-state index contributed by atoms with van der Waals surface area (Å²) in [5, 5.41) is 2.69. The molecule has 6 nitrogen and oxygen atoms in total. The minimum absolute atomic E-state index is 0.101. The van der Waals surface area contributed by atoms with Gasteiger partial charge in [0.05, 0.1) is 5.56 Å². The van der Waals surface area contributed by atoms with Crippen molar-refractivity contribution < 1.29 is 23.1 Å². The van der Waals surface area contributed by atoms with Gasteiger partial charge in [-0.25, -0.2) is 9.18 Å². The van der Waals surface area contributed by atoms with E-state index in [0.717, 1.165) is 18.8 Å². The summed E-state index contributed by atoms with van der Waals surface area (Å²) in [4.78, 5) is 26.5. The molecule has 0 spiro atoms. The predicted molar refractivity (Wildman–Crippen MR) is 111 cm³/mol. The van der Waals surface area contributed by atoms with Crippen LogP contribution in [0.25, 0.3) is 11.3 Å². The van der Waals surface area contributed by atoms with Crippen LogP contribution in [0.15, 0.2) is 65.1 Å². The second-order valence-electron chi connectivity index (χ2n) is 7.01. The highest BCUT2D eigenvalue weighted by Gasteiger charge is 2.17. The van der Waals surface area contributed by atoms with Crippen molar-refractivity contribution in [1.29, 1.82) is 0 Å². The first-order chi connectivity index (χ1) is 14.6. The van der Waals surface area contributed by atoms with E-state index < -0.39 is 24.3 Å². The van der Waals surface area contributed by atoms with E-state index >= 15 is 0 Å². The maximum Gasteiger partial charge on any atom is 0.374 e. The lowest BCUT2D eigenvalue weighted by molar-refractivity contribution is -0.119. The van der Waals surface area contributed by atoms with Crippen molar-refractivity contribution in [2.24, 2.45) is 0 Å². The number of ether oxygens (including phenoxy) is 1. The third-order valence-electron chi connectivity index (χ3n) is 4.90. The number of benzene rings is 2. The highest BCUT2D eigenvalue weighted by molar-refractivity contribution is 5.94. The van der Waals surface area contributed by atoms with Crippen LogP contribution in [0.3, 0.4) is 0 Å². The number of halogens is 1. The fraction of sp³-hybridized carbons (Fsp3) is 0.217. The van der Waals surface area contributed by atoms with Gasteiger partial charge in [-0.3, -0.25) is 4.79 Å². The molecule has 0 saturated carbocycles. The summed E-state index contributed by atoms with van der Waals surface area (Å²) >= 11 is 0. The fourth-order valence-corrected chi connectivity index (χ4v) is 3.38. The van der Waals surface area contributed by atoms with Crippen LogP contribution < -0.4 is 10.2 Å². The molecule has 0 aliphatic carbocycles. The van der Waals surface area contributed by atoms with Crippen molar-refractivity contribution >= 4 is 23.3 Å². The molecule has 4 rings (SSSR count). The lowest BCUT2D eigenvalue weighted by Crippen LogP contribution is -2.21. The minimum atomic E-state index is -0.794. The molecule has 30 heavy (non-hydrogen) atoms. The molecule has 2 aromatic carbocycles. The molecule has 0 bridgehead atoms. The Morgan fingerprint density at radius 3 is 2.47 bits per heavy atom. The van der Waals surface area contributed by atoms with E-state index in [4.69, 9.17) is 9.15 Å². The van der Waals surface area contributed by atoms with E-state index in [-0.39, 0.29) is 17.1 Å². The van der Waals surface area contributed by atoms with E-state index in [9.17, 15) is 14.0 Å². The maximum atomic E-state index is 13.8. The molecule has 1 aliphatic rings. The Bertz CT molecular complexity index is 1040. The van der Waals surface area contributed by atoms with Gasteiger partial charge < -0.3 is 19.4 Å². The Labute approximate surface area is 173 Å². The summed E-state index contributed by atoms with van der Waals surface area (Å²) in [6.45, 7) is 1.64. The molecule has 1 aliphatic heterocycles. The molecular weight excluding hydrogens is 387 g/mol. The van der Waals surface area contributed by atoms with Gasteiger partial charge in [0.1, 0.15) is 11.6 Å². The molecule has 1 saturated heterocycles. The van der Waals surface area contributed by atoms with Crippen molar-refractivity contribution in [3.63, 3.8) is 0 Å². The maximum absolute atomic E-state index is 13.8. The van der Waals surface area contributed by atoms with Crippen molar-refractivity contribution in [2.45, 2.75) is 12.8 Å². The van der Waals surface area contributed by atoms with Gasteiger partial charge in [0.25, 0.3) is 5.91 Å². The second kappa shape index (κ2) is 8.82. The van der Waals surface area contributed by atoms with Gasteiger partial charge in [0.15, 0.2) is 6.61 Å². The van der Waals surface area contributed by atoms with E-state index in [0.29, 0.717) is 5.69 Å². The van der Waals surface area contributed by atoms with Gasteiger partial charge in [-0.15, -0.1) is 0 Å². The number of hydrogen-bond donors (Lipinski definition) is 1. The number of amides is 1. The lowest BCUT2D eigenvalue weighted by Gasteiger charge is -2.17. The third-order valence-corrected chi connectivity index (χ3v) is 4.90. The van der Waals surface area contributed by atoms with Gasteiger partial charge in [-0.05, 0) is 61.4 Å². The zero-order valence-electron chi connectivity index (χ0n) is 16.3. The second-order valence-corrected chi connectivity index (χ2v) is 7.01. The Balaban J connectivity index is 1.30. The van der Waals surface area contributed by atoms with E-state index in [1.807, 2.05) is 24.3 Å². The SMILES string of the molecule is O=C(COC(=O)c1ccc(-c2ccccc2F)o1)Nc1ccc(N2CCCC2)cc1. The molecule has 2 heterocycles. The molecule has 154 valence electrons. The molecule has 3 aromatic rings. The Kier molecular flexibility index (Phi) is 5.79. The van der Waals surface area contributed by atoms with Gasteiger partial charge in [0, 0.05) is 24.5 Å². The molecule has 0 unspecified atom stereocenters. The van der Waals surface area contributed by atoms with E-state index in [2.05, 4.69) is 10.2 Å². The number of rotatable bonds is 6. The molecular formula is C23H21FN2O4. The Morgan fingerprint density at radius 2 is 1.73 bits per heavy atom. The predicted octanol–water partition coefficient (Wildman–Crippen LogP) is 4.48. The number of anilines is 2. The molecule has 7 heteroatoms. The van der Waals surface area contributed by atoms with Gasteiger partial charge in [-0.2, -0.15) is 0 Å². The number of carbonyl (C=O) groups is 2. The molecule has 1 aromatic heterocycles.